The highest BCUT2D eigenvalue weighted by atomic mass is 35.5. The number of hydrogen-bond acceptors (Lipinski definition) is 2. The fourth-order valence-electron chi connectivity index (χ4n) is 2.40. The Bertz CT molecular complexity index is 510. The van der Waals surface area contributed by atoms with Crippen molar-refractivity contribution in [1.82, 2.24) is 4.90 Å². The van der Waals surface area contributed by atoms with E-state index in [4.69, 9.17) is 29.6 Å². The average Bonchev–Trinajstić information content (AvgIpc) is 2.38. The number of likely N-dealkylation sites (tertiary alicyclic amines) is 1. The van der Waals surface area contributed by atoms with Crippen LogP contribution in [-0.4, -0.2) is 28.9 Å². The summed E-state index contributed by atoms with van der Waals surface area (Å²) in [6.07, 6.45) is 1.71. The summed E-state index contributed by atoms with van der Waals surface area (Å²) in [4.78, 5) is 14.9. The maximum atomic E-state index is 12.4. The second-order valence-electron chi connectivity index (χ2n) is 4.93. The van der Waals surface area contributed by atoms with Crippen LogP contribution in [0.25, 0.3) is 0 Å². The number of carbonyl (C=O) groups is 1. The van der Waals surface area contributed by atoms with Crippen molar-refractivity contribution >= 4 is 34.7 Å². The van der Waals surface area contributed by atoms with Crippen LogP contribution in [0, 0.1) is 12.8 Å². The van der Waals surface area contributed by atoms with E-state index in [0.29, 0.717) is 23.1 Å². The average molecular weight is 297 g/mol. The summed E-state index contributed by atoms with van der Waals surface area (Å²) >= 11 is 10.9. The van der Waals surface area contributed by atoms with E-state index in [-0.39, 0.29) is 11.8 Å². The first-order chi connectivity index (χ1) is 8.99. The van der Waals surface area contributed by atoms with Crippen molar-refractivity contribution in [3.05, 3.63) is 34.3 Å². The largest absolute Gasteiger partial charge is 0.393 e. The molecule has 0 spiro atoms. The summed E-state index contributed by atoms with van der Waals surface area (Å²) in [5.74, 6) is 0.334. The van der Waals surface area contributed by atoms with Crippen LogP contribution >= 0.6 is 23.8 Å². The molecule has 0 bridgehead atoms. The van der Waals surface area contributed by atoms with E-state index in [1.807, 2.05) is 17.9 Å². The SMILES string of the molecule is Cc1cc(Cl)ccc1C(=O)N1CCC(C(N)=S)CC1. The molecule has 0 atom stereocenters. The molecule has 1 fully saturated rings. The molecule has 19 heavy (non-hydrogen) atoms. The Morgan fingerprint density at radius 1 is 1.42 bits per heavy atom. The van der Waals surface area contributed by atoms with Crippen molar-refractivity contribution in [3.8, 4) is 0 Å². The Kier molecular flexibility index (Phi) is 4.42. The number of benzene rings is 1. The molecule has 1 aliphatic rings. The van der Waals surface area contributed by atoms with E-state index >= 15 is 0 Å². The van der Waals surface area contributed by atoms with Crippen LogP contribution in [0.5, 0.6) is 0 Å². The maximum absolute atomic E-state index is 12.4. The lowest BCUT2D eigenvalue weighted by molar-refractivity contribution is 0.0709. The van der Waals surface area contributed by atoms with Crippen LogP contribution in [-0.2, 0) is 0 Å². The van der Waals surface area contributed by atoms with Crippen LogP contribution in [0.4, 0.5) is 0 Å². The molecule has 3 nitrogen and oxygen atoms in total. The monoisotopic (exact) mass is 296 g/mol. The third-order valence-electron chi connectivity index (χ3n) is 3.60. The first-order valence-electron chi connectivity index (χ1n) is 6.34. The molecule has 1 aliphatic heterocycles. The van der Waals surface area contributed by atoms with Crippen LogP contribution in [0.15, 0.2) is 18.2 Å². The number of rotatable bonds is 2. The molecule has 2 rings (SSSR count). The van der Waals surface area contributed by atoms with Crippen LogP contribution in [0.3, 0.4) is 0 Å². The van der Waals surface area contributed by atoms with Crippen molar-refractivity contribution < 1.29 is 4.79 Å². The lowest BCUT2D eigenvalue weighted by Gasteiger charge is -2.31. The Morgan fingerprint density at radius 3 is 2.58 bits per heavy atom. The second kappa shape index (κ2) is 5.88. The molecule has 1 amide bonds. The topological polar surface area (TPSA) is 46.3 Å². The zero-order valence-electron chi connectivity index (χ0n) is 10.9. The van der Waals surface area contributed by atoms with E-state index in [1.165, 1.54) is 0 Å². The van der Waals surface area contributed by atoms with Gasteiger partial charge in [-0.2, -0.15) is 0 Å². The molecule has 0 aromatic heterocycles. The van der Waals surface area contributed by atoms with Crippen molar-refractivity contribution in [3.63, 3.8) is 0 Å². The minimum absolute atomic E-state index is 0.0653. The molecular formula is C14H17ClN2OS. The molecule has 0 saturated carbocycles. The molecule has 1 saturated heterocycles. The van der Waals surface area contributed by atoms with Gasteiger partial charge in [-0.15, -0.1) is 0 Å². The molecule has 5 heteroatoms. The van der Waals surface area contributed by atoms with Gasteiger partial charge in [0.15, 0.2) is 0 Å². The van der Waals surface area contributed by atoms with Gasteiger partial charge >= 0.3 is 0 Å². The summed E-state index contributed by atoms with van der Waals surface area (Å²) in [6, 6.07) is 5.36. The fraction of sp³-hybridized carbons (Fsp3) is 0.429. The van der Waals surface area contributed by atoms with Crippen LogP contribution < -0.4 is 5.73 Å². The highest BCUT2D eigenvalue weighted by Crippen LogP contribution is 2.22. The molecule has 0 radical (unpaired) electrons. The van der Waals surface area contributed by atoms with E-state index < -0.39 is 0 Å². The standard InChI is InChI=1S/C14H17ClN2OS/c1-9-8-11(15)2-3-12(9)14(18)17-6-4-10(5-7-17)13(16)19/h2-3,8,10H,4-7H2,1H3,(H2,16,19). The number of aryl methyl sites for hydroxylation is 1. The third-order valence-corrected chi connectivity index (χ3v) is 4.17. The fourth-order valence-corrected chi connectivity index (χ4v) is 2.87. The summed E-state index contributed by atoms with van der Waals surface area (Å²) in [5.41, 5.74) is 7.29. The van der Waals surface area contributed by atoms with Gasteiger partial charge in [-0.3, -0.25) is 4.79 Å². The van der Waals surface area contributed by atoms with Crippen LogP contribution in [0.1, 0.15) is 28.8 Å². The Morgan fingerprint density at radius 2 is 2.05 bits per heavy atom. The molecule has 1 aromatic rings. The zero-order chi connectivity index (χ0) is 14.0. The highest BCUT2D eigenvalue weighted by molar-refractivity contribution is 7.80. The van der Waals surface area contributed by atoms with Crippen LogP contribution in [0.2, 0.25) is 5.02 Å². The lowest BCUT2D eigenvalue weighted by Crippen LogP contribution is -2.41. The summed E-state index contributed by atoms with van der Waals surface area (Å²) in [5, 5.41) is 0.654. The van der Waals surface area contributed by atoms with Gasteiger partial charge in [-0.25, -0.2) is 0 Å². The smallest absolute Gasteiger partial charge is 0.254 e. The lowest BCUT2D eigenvalue weighted by atomic mass is 9.96. The van der Waals surface area contributed by atoms with E-state index in [9.17, 15) is 4.79 Å². The van der Waals surface area contributed by atoms with Gasteiger partial charge in [-0.05, 0) is 43.5 Å². The first kappa shape index (κ1) is 14.3. The van der Waals surface area contributed by atoms with Gasteiger partial charge < -0.3 is 10.6 Å². The Labute approximate surface area is 123 Å². The van der Waals surface area contributed by atoms with Crippen molar-refractivity contribution in [2.75, 3.05) is 13.1 Å². The number of hydrogen-bond donors (Lipinski definition) is 1. The normalized spacial score (nSPS) is 16.4. The van der Waals surface area contributed by atoms with Crippen molar-refractivity contribution in [2.45, 2.75) is 19.8 Å². The van der Waals surface area contributed by atoms with Gasteiger partial charge in [0.2, 0.25) is 0 Å². The van der Waals surface area contributed by atoms with Crippen molar-refractivity contribution in [2.24, 2.45) is 11.7 Å². The molecule has 0 unspecified atom stereocenters. The summed E-state index contributed by atoms with van der Waals surface area (Å²) < 4.78 is 0. The maximum Gasteiger partial charge on any atom is 0.254 e. The van der Waals surface area contributed by atoms with Gasteiger partial charge in [0, 0.05) is 29.6 Å². The highest BCUT2D eigenvalue weighted by Gasteiger charge is 2.25. The number of nitrogens with two attached hydrogens (primary N) is 1. The molecule has 102 valence electrons. The van der Waals surface area contributed by atoms with Gasteiger partial charge in [0.25, 0.3) is 5.91 Å². The zero-order valence-corrected chi connectivity index (χ0v) is 12.4. The van der Waals surface area contributed by atoms with Gasteiger partial charge in [0.1, 0.15) is 0 Å². The minimum Gasteiger partial charge on any atom is -0.393 e. The van der Waals surface area contributed by atoms with E-state index in [2.05, 4.69) is 0 Å². The molecule has 1 aromatic carbocycles. The summed E-state index contributed by atoms with van der Waals surface area (Å²) in [6.45, 7) is 3.33. The second-order valence-corrected chi connectivity index (χ2v) is 5.84. The molecular weight excluding hydrogens is 280 g/mol. The van der Waals surface area contributed by atoms with E-state index in [1.54, 1.807) is 12.1 Å². The number of piperidine rings is 1. The molecule has 2 N–H and O–H groups in total. The van der Waals surface area contributed by atoms with Gasteiger partial charge in [0.05, 0.1) is 4.99 Å². The number of amides is 1. The molecule has 0 aliphatic carbocycles. The number of thiocarbonyl (C=S) groups is 1. The first-order valence-corrected chi connectivity index (χ1v) is 7.12. The molecule has 1 heterocycles. The number of halogens is 1. The number of carbonyl (C=O) groups excluding carboxylic acids is 1. The van der Waals surface area contributed by atoms with E-state index in [0.717, 1.165) is 24.0 Å². The third kappa shape index (κ3) is 3.25. The quantitative estimate of drug-likeness (QED) is 0.854. The van der Waals surface area contributed by atoms with Gasteiger partial charge in [-0.1, -0.05) is 23.8 Å². The predicted octanol–water partition coefficient (Wildman–Crippen LogP) is 2.79. The Hall–Kier alpha value is -1.13. The van der Waals surface area contributed by atoms with Crippen molar-refractivity contribution in [1.29, 1.82) is 0 Å². The predicted molar refractivity (Wildman–Crippen MR) is 81.6 cm³/mol. The summed E-state index contributed by atoms with van der Waals surface area (Å²) in [7, 11) is 0. The minimum atomic E-state index is 0.0653. The Balaban J connectivity index is 2.07. The number of nitrogens with zero attached hydrogens (tertiary/aromatic N) is 1.